The summed E-state index contributed by atoms with van der Waals surface area (Å²) in [4.78, 5) is 24.6. The van der Waals surface area contributed by atoms with Crippen molar-refractivity contribution in [2.45, 2.75) is 13.0 Å². The average molecular weight is 400 g/mol. The number of rotatable bonds is 7. The van der Waals surface area contributed by atoms with E-state index in [1.54, 1.807) is 18.2 Å². The fourth-order valence-corrected chi connectivity index (χ4v) is 2.91. The van der Waals surface area contributed by atoms with Gasteiger partial charge >= 0.3 is 0 Å². The highest BCUT2D eigenvalue weighted by molar-refractivity contribution is 5.97. The van der Waals surface area contributed by atoms with E-state index in [0.717, 1.165) is 5.56 Å². The van der Waals surface area contributed by atoms with Crippen LogP contribution >= 0.6 is 0 Å². The summed E-state index contributed by atoms with van der Waals surface area (Å²) in [5.41, 5.74) is 1.22. The predicted octanol–water partition coefficient (Wildman–Crippen LogP) is 2.08. The van der Waals surface area contributed by atoms with Crippen molar-refractivity contribution in [3.63, 3.8) is 0 Å². The van der Waals surface area contributed by atoms with Gasteiger partial charge in [0.1, 0.15) is 24.7 Å². The summed E-state index contributed by atoms with van der Waals surface area (Å²) in [6.45, 7) is 2.72. The van der Waals surface area contributed by atoms with Crippen LogP contribution in [-0.4, -0.2) is 45.8 Å². The largest absolute Gasteiger partial charge is 0.497 e. The Morgan fingerprint density at radius 1 is 1.00 bits per heavy atom. The van der Waals surface area contributed by atoms with Crippen LogP contribution in [0.2, 0.25) is 0 Å². The molecule has 2 aromatic rings. The van der Waals surface area contributed by atoms with Crippen LogP contribution in [0, 0.1) is 0 Å². The molecule has 0 saturated heterocycles. The summed E-state index contributed by atoms with van der Waals surface area (Å²) in [7, 11) is 3.01. The average Bonchev–Trinajstić information content (AvgIpc) is 2.76. The lowest BCUT2D eigenvalue weighted by Gasteiger charge is -2.21. The fourth-order valence-electron chi connectivity index (χ4n) is 2.91. The maximum absolute atomic E-state index is 12.4. The Morgan fingerprint density at radius 2 is 1.66 bits per heavy atom. The Kier molecular flexibility index (Phi) is 6.43. The van der Waals surface area contributed by atoms with E-state index in [0.29, 0.717) is 41.8 Å². The summed E-state index contributed by atoms with van der Waals surface area (Å²) >= 11 is 0. The first-order valence-corrected chi connectivity index (χ1v) is 9.20. The normalized spacial score (nSPS) is 13.2. The van der Waals surface area contributed by atoms with E-state index in [-0.39, 0.29) is 18.5 Å². The van der Waals surface area contributed by atoms with Gasteiger partial charge in [0, 0.05) is 11.6 Å². The molecule has 0 unspecified atom stereocenters. The predicted molar refractivity (Wildman–Crippen MR) is 106 cm³/mol. The van der Waals surface area contributed by atoms with E-state index < -0.39 is 5.91 Å². The number of methoxy groups -OCH3 is 2. The molecule has 8 nitrogen and oxygen atoms in total. The van der Waals surface area contributed by atoms with Crippen LogP contribution in [0.4, 0.5) is 0 Å². The minimum atomic E-state index is -0.399. The Balaban J connectivity index is 1.56. The minimum Gasteiger partial charge on any atom is -0.497 e. The smallest absolute Gasteiger partial charge is 0.251 e. The molecule has 0 bridgehead atoms. The molecule has 0 aliphatic carbocycles. The molecule has 0 saturated carbocycles. The first-order chi connectivity index (χ1) is 14.0. The molecule has 1 aliphatic rings. The van der Waals surface area contributed by atoms with Crippen LogP contribution in [0.1, 0.15) is 28.9 Å². The summed E-state index contributed by atoms with van der Waals surface area (Å²) in [6.07, 6.45) is 0. The molecule has 1 aliphatic heterocycles. The molecule has 3 rings (SSSR count). The molecule has 2 amide bonds. The highest BCUT2D eigenvalue weighted by atomic mass is 16.6. The van der Waals surface area contributed by atoms with Gasteiger partial charge in [0.15, 0.2) is 11.5 Å². The van der Waals surface area contributed by atoms with Crippen molar-refractivity contribution in [3.05, 3.63) is 47.5 Å². The zero-order chi connectivity index (χ0) is 20.8. The zero-order valence-corrected chi connectivity index (χ0v) is 16.6. The van der Waals surface area contributed by atoms with Crippen LogP contribution in [0.5, 0.6) is 23.0 Å². The number of ether oxygens (including phenoxy) is 4. The van der Waals surface area contributed by atoms with Gasteiger partial charge in [-0.15, -0.1) is 0 Å². The zero-order valence-electron chi connectivity index (χ0n) is 16.6. The summed E-state index contributed by atoms with van der Waals surface area (Å²) in [5.74, 6) is 1.63. The first-order valence-electron chi connectivity index (χ1n) is 9.20. The molecule has 0 aromatic heterocycles. The molecule has 0 spiro atoms. The van der Waals surface area contributed by atoms with Crippen LogP contribution in [-0.2, 0) is 4.79 Å². The Labute approximate surface area is 169 Å². The van der Waals surface area contributed by atoms with Crippen molar-refractivity contribution in [2.24, 2.45) is 0 Å². The second kappa shape index (κ2) is 9.18. The first kappa shape index (κ1) is 20.3. The molecule has 0 fully saturated rings. The van der Waals surface area contributed by atoms with Crippen molar-refractivity contribution in [1.29, 1.82) is 0 Å². The third-order valence-electron chi connectivity index (χ3n) is 4.47. The molecule has 2 N–H and O–H groups in total. The molecule has 1 atom stereocenters. The van der Waals surface area contributed by atoms with Crippen LogP contribution < -0.4 is 29.6 Å². The second-order valence-electron chi connectivity index (χ2n) is 6.48. The van der Waals surface area contributed by atoms with E-state index in [4.69, 9.17) is 18.9 Å². The monoisotopic (exact) mass is 400 g/mol. The maximum Gasteiger partial charge on any atom is 0.251 e. The number of carbonyl (C=O) groups is 2. The van der Waals surface area contributed by atoms with E-state index in [1.165, 1.54) is 14.2 Å². The standard InChI is InChI=1S/C21H24N2O6/c1-13(14-4-5-18-19(10-14)29-7-6-28-18)23-20(24)12-22-21(25)15-8-16(26-2)11-17(9-15)27-3/h4-5,8-11,13H,6-7,12H2,1-3H3,(H,22,25)(H,23,24)/t13-/m1/s1. The summed E-state index contributed by atoms with van der Waals surface area (Å²) in [5, 5.41) is 5.46. The molecule has 2 aromatic carbocycles. The Morgan fingerprint density at radius 3 is 2.31 bits per heavy atom. The number of carbonyl (C=O) groups excluding carboxylic acids is 2. The maximum atomic E-state index is 12.4. The molecule has 0 radical (unpaired) electrons. The third kappa shape index (κ3) is 5.10. The molecular weight excluding hydrogens is 376 g/mol. The van der Waals surface area contributed by atoms with Gasteiger partial charge in [0.25, 0.3) is 5.91 Å². The van der Waals surface area contributed by atoms with E-state index in [9.17, 15) is 9.59 Å². The lowest BCUT2D eigenvalue weighted by molar-refractivity contribution is -0.120. The van der Waals surface area contributed by atoms with E-state index in [2.05, 4.69) is 10.6 Å². The molecule has 154 valence electrons. The van der Waals surface area contributed by atoms with Gasteiger partial charge in [-0.2, -0.15) is 0 Å². The number of amides is 2. The van der Waals surface area contributed by atoms with Crippen LogP contribution in [0.25, 0.3) is 0 Å². The minimum absolute atomic E-state index is 0.159. The van der Waals surface area contributed by atoms with Gasteiger partial charge in [0.05, 0.1) is 26.8 Å². The van der Waals surface area contributed by atoms with Crippen molar-refractivity contribution in [1.82, 2.24) is 10.6 Å². The number of hydrogen-bond donors (Lipinski definition) is 2. The van der Waals surface area contributed by atoms with Gasteiger partial charge in [-0.25, -0.2) is 0 Å². The third-order valence-corrected chi connectivity index (χ3v) is 4.47. The Hall–Kier alpha value is -3.42. The molecule has 8 heteroatoms. The van der Waals surface area contributed by atoms with Crippen molar-refractivity contribution in [3.8, 4) is 23.0 Å². The highest BCUT2D eigenvalue weighted by Gasteiger charge is 2.17. The van der Waals surface area contributed by atoms with E-state index >= 15 is 0 Å². The fraction of sp³-hybridized carbons (Fsp3) is 0.333. The van der Waals surface area contributed by atoms with Gasteiger partial charge in [0.2, 0.25) is 5.91 Å². The van der Waals surface area contributed by atoms with Crippen LogP contribution in [0.15, 0.2) is 36.4 Å². The summed E-state index contributed by atoms with van der Waals surface area (Å²) in [6, 6.07) is 10.1. The van der Waals surface area contributed by atoms with Crippen LogP contribution in [0.3, 0.4) is 0 Å². The van der Waals surface area contributed by atoms with Gasteiger partial charge in [-0.1, -0.05) is 6.07 Å². The molecule has 29 heavy (non-hydrogen) atoms. The topological polar surface area (TPSA) is 95.1 Å². The highest BCUT2D eigenvalue weighted by Crippen LogP contribution is 2.32. The number of benzene rings is 2. The Bertz CT molecular complexity index is 876. The molecule has 1 heterocycles. The second-order valence-corrected chi connectivity index (χ2v) is 6.48. The van der Waals surface area contributed by atoms with E-state index in [1.807, 2.05) is 25.1 Å². The number of nitrogens with one attached hydrogen (secondary N) is 2. The molecular formula is C21H24N2O6. The van der Waals surface area contributed by atoms with Crippen molar-refractivity contribution < 1.29 is 28.5 Å². The lowest BCUT2D eigenvalue weighted by Crippen LogP contribution is -2.38. The van der Waals surface area contributed by atoms with Gasteiger partial charge in [-0.3, -0.25) is 9.59 Å². The number of hydrogen-bond acceptors (Lipinski definition) is 6. The quantitative estimate of drug-likeness (QED) is 0.739. The number of fused-ring (bicyclic) bond motifs is 1. The lowest BCUT2D eigenvalue weighted by atomic mass is 10.1. The summed E-state index contributed by atoms with van der Waals surface area (Å²) < 4.78 is 21.4. The van der Waals surface area contributed by atoms with Crippen molar-refractivity contribution >= 4 is 11.8 Å². The van der Waals surface area contributed by atoms with Gasteiger partial charge < -0.3 is 29.6 Å². The van der Waals surface area contributed by atoms with Crippen molar-refractivity contribution in [2.75, 3.05) is 34.0 Å². The van der Waals surface area contributed by atoms with Gasteiger partial charge in [-0.05, 0) is 36.8 Å². The SMILES string of the molecule is COc1cc(OC)cc(C(=O)NCC(=O)N[C@H](C)c2ccc3c(c2)OCCO3)c1.